The lowest BCUT2D eigenvalue weighted by molar-refractivity contribution is -0.137. The molecular formula is C11H13N3O3S2. The van der Waals surface area contributed by atoms with Gasteiger partial charge in [-0.2, -0.15) is 5.26 Å². The zero-order valence-corrected chi connectivity index (χ0v) is 11.7. The topological polar surface area (TPSA) is 103 Å². The van der Waals surface area contributed by atoms with Gasteiger partial charge in [0.25, 0.3) is 0 Å². The van der Waals surface area contributed by atoms with Gasteiger partial charge >= 0.3 is 5.97 Å². The van der Waals surface area contributed by atoms with Gasteiger partial charge in [-0.05, 0) is 12.8 Å². The van der Waals surface area contributed by atoms with Crippen LogP contribution in [0.2, 0.25) is 0 Å². The molecule has 0 aromatic carbocycles. The monoisotopic (exact) mass is 299 g/mol. The van der Waals surface area contributed by atoms with E-state index in [1.54, 1.807) is 5.38 Å². The summed E-state index contributed by atoms with van der Waals surface area (Å²) in [4.78, 5) is 26.0. The van der Waals surface area contributed by atoms with Crippen molar-refractivity contribution < 1.29 is 14.7 Å². The molecule has 2 N–H and O–H groups in total. The summed E-state index contributed by atoms with van der Waals surface area (Å²) in [6.45, 7) is 0. The van der Waals surface area contributed by atoms with Crippen molar-refractivity contribution in [1.82, 2.24) is 4.98 Å². The number of aryl methyl sites for hydroxylation is 1. The van der Waals surface area contributed by atoms with Crippen LogP contribution < -0.4 is 5.32 Å². The first-order valence-corrected chi connectivity index (χ1v) is 7.56. The maximum Gasteiger partial charge on any atom is 0.303 e. The molecule has 0 radical (unpaired) electrons. The Kier molecular flexibility index (Phi) is 6.92. The van der Waals surface area contributed by atoms with Crippen LogP contribution in [0.5, 0.6) is 0 Å². The van der Waals surface area contributed by atoms with Crippen molar-refractivity contribution in [1.29, 1.82) is 5.26 Å². The van der Waals surface area contributed by atoms with Gasteiger partial charge in [0.1, 0.15) is 0 Å². The molecular weight excluding hydrogens is 286 g/mol. The molecule has 0 aliphatic heterocycles. The first-order chi connectivity index (χ1) is 9.11. The van der Waals surface area contributed by atoms with E-state index < -0.39 is 5.97 Å². The predicted octanol–water partition coefficient (Wildman–Crippen LogP) is 1.75. The predicted molar refractivity (Wildman–Crippen MR) is 74.3 cm³/mol. The zero-order valence-electron chi connectivity index (χ0n) is 10.1. The summed E-state index contributed by atoms with van der Waals surface area (Å²) in [6, 6.07) is 1.95. The maximum absolute atomic E-state index is 11.4. The Bertz CT molecular complexity index is 482. The lowest BCUT2D eigenvalue weighted by atomic mass is 10.2. The Balaban J connectivity index is 2.32. The van der Waals surface area contributed by atoms with E-state index in [9.17, 15) is 9.59 Å². The van der Waals surface area contributed by atoms with Crippen LogP contribution >= 0.6 is 23.1 Å². The number of aliphatic carboxylic acids is 1. The minimum Gasteiger partial charge on any atom is -0.481 e. The smallest absolute Gasteiger partial charge is 0.303 e. The highest BCUT2D eigenvalue weighted by Crippen LogP contribution is 2.17. The number of amides is 1. The number of anilines is 1. The number of carboxylic acids is 1. The summed E-state index contributed by atoms with van der Waals surface area (Å²) in [7, 11) is 0. The highest BCUT2D eigenvalue weighted by Gasteiger charge is 2.07. The van der Waals surface area contributed by atoms with Gasteiger partial charge in [-0.25, -0.2) is 4.98 Å². The number of hydrogen-bond acceptors (Lipinski definition) is 6. The van der Waals surface area contributed by atoms with E-state index in [0.29, 0.717) is 18.0 Å². The molecule has 1 heterocycles. The number of carbonyl (C=O) groups is 2. The van der Waals surface area contributed by atoms with E-state index in [1.165, 1.54) is 23.1 Å². The molecule has 1 amide bonds. The number of nitrogens with zero attached hydrogens (tertiary/aromatic N) is 2. The number of carboxylic acid groups (broad SMARTS) is 1. The number of carbonyl (C=O) groups excluding carboxylic acids is 1. The Morgan fingerprint density at radius 3 is 3.05 bits per heavy atom. The maximum atomic E-state index is 11.4. The molecule has 0 aliphatic carbocycles. The first kappa shape index (κ1) is 15.5. The first-order valence-electron chi connectivity index (χ1n) is 5.52. The van der Waals surface area contributed by atoms with Crippen molar-refractivity contribution in [3.05, 3.63) is 11.1 Å². The number of thiazole rings is 1. The van der Waals surface area contributed by atoms with Crippen molar-refractivity contribution in [2.45, 2.75) is 19.3 Å². The van der Waals surface area contributed by atoms with E-state index in [0.717, 1.165) is 5.69 Å². The largest absolute Gasteiger partial charge is 0.481 e. The van der Waals surface area contributed by atoms with Crippen LogP contribution in [-0.2, 0) is 16.0 Å². The number of nitrogens with one attached hydrogen (secondary N) is 1. The lowest BCUT2D eigenvalue weighted by Gasteiger charge is -1.99. The molecule has 0 unspecified atom stereocenters. The number of nitriles is 1. The summed E-state index contributed by atoms with van der Waals surface area (Å²) in [6.07, 6.45) is 1.23. The van der Waals surface area contributed by atoms with Gasteiger partial charge in [0.2, 0.25) is 5.91 Å². The van der Waals surface area contributed by atoms with Crippen molar-refractivity contribution in [2.75, 3.05) is 16.8 Å². The van der Waals surface area contributed by atoms with Gasteiger partial charge < -0.3 is 10.4 Å². The molecule has 1 aromatic rings. The summed E-state index contributed by atoms with van der Waals surface area (Å²) >= 11 is 2.55. The van der Waals surface area contributed by atoms with E-state index in [1.807, 2.05) is 6.07 Å². The van der Waals surface area contributed by atoms with Gasteiger partial charge in [-0.1, -0.05) is 0 Å². The summed E-state index contributed by atoms with van der Waals surface area (Å²) in [5.41, 5.74) is 0.784. The fourth-order valence-electron chi connectivity index (χ4n) is 1.24. The fourth-order valence-corrected chi connectivity index (χ4v) is 2.46. The molecule has 19 heavy (non-hydrogen) atoms. The number of aromatic nitrogens is 1. The normalized spacial score (nSPS) is 9.84. The van der Waals surface area contributed by atoms with Crippen LogP contribution in [0.4, 0.5) is 5.13 Å². The third kappa shape index (κ3) is 6.79. The minimum absolute atomic E-state index is 0.115. The molecule has 102 valence electrons. The Morgan fingerprint density at radius 2 is 2.37 bits per heavy atom. The van der Waals surface area contributed by atoms with Gasteiger partial charge in [0.05, 0.1) is 23.3 Å². The Labute approximate surface area is 118 Å². The average molecular weight is 299 g/mol. The van der Waals surface area contributed by atoms with Crippen LogP contribution in [0.3, 0.4) is 0 Å². The van der Waals surface area contributed by atoms with Crippen molar-refractivity contribution in [3.8, 4) is 6.07 Å². The molecule has 1 aromatic heterocycles. The molecule has 0 spiro atoms. The van der Waals surface area contributed by atoms with Gasteiger partial charge in [0, 0.05) is 11.8 Å². The lowest BCUT2D eigenvalue weighted by Crippen LogP contribution is -2.14. The second kappa shape index (κ2) is 8.50. The van der Waals surface area contributed by atoms with Gasteiger partial charge in [-0.15, -0.1) is 23.1 Å². The molecule has 0 saturated carbocycles. The van der Waals surface area contributed by atoms with Crippen LogP contribution in [-0.4, -0.2) is 33.5 Å². The molecule has 1 rings (SSSR count). The van der Waals surface area contributed by atoms with Crippen LogP contribution in [0, 0.1) is 11.3 Å². The van der Waals surface area contributed by atoms with Crippen LogP contribution in [0.25, 0.3) is 0 Å². The standard InChI is InChI=1S/C11H13N3O3S2/c12-4-5-18-7-9(15)14-11-13-8(6-19-11)2-1-3-10(16)17/h6H,1-3,5,7H2,(H,16,17)(H,13,14,15). The minimum atomic E-state index is -0.821. The van der Waals surface area contributed by atoms with Crippen LogP contribution in [0.15, 0.2) is 5.38 Å². The van der Waals surface area contributed by atoms with Crippen molar-refractivity contribution in [2.24, 2.45) is 0 Å². The molecule has 6 nitrogen and oxygen atoms in total. The molecule has 0 atom stereocenters. The Morgan fingerprint density at radius 1 is 1.58 bits per heavy atom. The van der Waals surface area contributed by atoms with E-state index in [4.69, 9.17) is 10.4 Å². The third-order valence-corrected chi connectivity index (χ3v) is 3.63. The molecule has 8 heteroatoms. The highest BCUT2D eigenvalue weighted by atomic mass is 32.2. The van der Waals surface area contributed by atoms with Crippen molar-refractivity contribution >= 4 is 40.1 Å². The number of thioether (sulfide) groups is 1. The number of hydrogen-bond donors (Lipinski definition) is 2. The van der Waals surface area contributed by atoms with Crippen LogP contribution in [0.1, 0.15) is 18.5 Å². The quantitative estimate of drug-likeness (QED) is 0.709. The SMILES string of the molecule is N#CCSCC(=O)Nc1nc(CCCC(=O)O)cs1. The fraction of sp³-hybridized carbons (Fsp3) is 0.455. The average Bonchev–Trinajstić information content (AvgIpc) is 2.76. The second-order valence-corrected chi connectivity index (χ2v) is 5.43. The van der Waals surface area contributed by atoms with E-state index in [-0.39, 0.29) is 23.8 Å². The molecule has 0 aliphatic rings. The summed E-state index contributed by atoms with van der Waals surface area (Å²) in [5.74, 6) is -0.502. The zero-order chi connectivity index (χ0) is 14.1. The highest BCUT2D eigenvalue weighted by molar-refractivity contribution is 8.00. The molecule has 0 fully saturated rings. The van der Waals surface area contributed by atoms with E-state index >= 15 is 0 Å². The van der Waals surface area contributed by atoms with E-state index in [2.05, 4.69) is 10.3 Å². The second-order valence-electron chi connectivity index (χ2n) is 3.59. The summed E-state index contributed by atoms with van der Waals surface area (Å²) in [5, 5.41) is 21.8. The Hall–Kier alpha value is -1.59. The molecule has 0 bridgehead atoms. The third-order valence-electron chi connectivity index (χ3n) is 2.02. The number of rotatable bonds is 8. The molecule has 0 saturated heterocycles. The summed E-state index contributed by atoms with van der Waals surface area (Å²) < 4.78 is 0. The van der Waals surface area contributed by atoms with Gasteiger partial charge in [0.15, 0.2) is 5.13 Å². The van der Waals surface area contributed by atoms with Crippen molar-refractivity contribution in [3.63, 3.8) is 0 Å². The van der Waals surface area contributed by atoms with Gasteiger partial charge in [-0.3, -0.25) is 9.59 Å².